The third-order valence-corrected chi connectivity index (χ3v) is 6.74. The van der Waals surface area contributed by atoms with Crippen LogP contribution in [0.5, 0.6) is 5.75 Å². The number of para-hydroxylation sites is 1. The minimum Gasteiger partial charge on any atom is -0.496 e. The predicted octanol–water partition coefficient (Wildman–Crippen LogP) is 3.85. The van der Waals surface area contributed by atoms with Crippen molar-refractivity contribution in [2.24, 2.45) is 4.99 Å². The van der Waals surface area contributed by atoms with Gasteiger partial charge in [-0.2, -0.15) is 0 Å². The van der Waals surface area contributed by atoms with E-state index < -0.39 is 12.0 Å². The maximum absolute atomic E-state index is 12.9. The summed E-state index contributed by atoms with van der Waals surface area (Å²) in [5, 5.41) is 2.74. The van der Waals surface area contributed by atoms with Gasteiger partial charge in [-0.05, 0) is 30.7 Å². The predicted molar refractivity (Wildman–Crippen MR) is 120 cm³/mol. The number of amidine groups is 1. The molecule has 0 saturated carbocycles. The van der Waals surface area contributed by atoms with Gasteiger partial charge in [0.2, 0.25) is 5.91 Å². The van der Waals surface area contributed by atoms with Crippen molar-refractivity contribution in [2.45, 2.75) is 38.6 Å². The van der Waals surface area contributed by atoms with Gasteiger partial charge in [-0.1, -0.05) is 36.9 Å². The first-order valence-electron chi connectivity index (χ1n) is 10.5. The van der Waals surface area contributed by atoms with Crippen molar-refractivity contribution in [3.05, 3.63) is 52.2 Å². The van der Waals surface area contributed by atoms with Crippen LogP contribution in [-0.4, -0.2) is 54.2 Å². The molecule has 164 valence electrons. The summed E-state index contributed by atoms with van der Waals surface area (Å²) in [5.41, 5.74) is 2.86. The second-order valence-electron chi connectivity index (χ2n) is 7.61. The molecule has 3 aliphatic heterocycles. The Kier molecular flexibility index (Phi) is 6.36. The van der Waals surface area contributed by atoms with Gasteiger partial charge in [0.05, 0.1) is 38.0 Å². The Bertz CT molecular complexity index is 979. The smallest absolute Gasteiger partial charge is 0.338 e. The van der Waals surface area contributed by atoms with E-state index in [9.17, 15) is 9.59 Å². The Labute approximate surface area is 186 Å². The van der Waals surface area contributed by atoms with Crippen molar-refractivity contribution < 1.29 is 19.1 Å². The third-order valence-electron chi connectivity index (χ3n) is 5.85. The number of allylic oxidation sites excluding steroid dienone is 1. The fourth-order valence-electron chi connectivity index (χ4n) is 4.33. The zero-order chi connectivity index (χ0) is 22.0. The van der Waals surface area contributed by atoms with Crippen LogP contribution in [-0.2, 0) is 14.3 Å². The zero-order valence-corrected chi connectivity index (χ0v) is 18.9. The molecular weight excluding hydrogens is 414 g/mol. The summed E-state index contributed by atoms with van der Waals surface area (Å²) in [6.07, 6.45) is 2.97. The first kappa shape index (κ1) is 21.5. The molecule has 3 aliphatic rings. The number of esters is 1. The average molecular weight is 442 g/mol. The highest BCUT2D eigenvalue weighted by molar-refractivity contribution is 8.16. The van der Waals surface area contributed by atoms with E-state index in [0.717, 1.165) is 42.4 Å². The maximum Gasteiger partial charge on any atom is 0.338 e. The van der Waals surface area contributed by atoms with Crippen molar-refractivity contribution in [3.8, 4) is 5.75 Å². The minimum atomic E-state index is -0.473. The summed E-state index contributed by atoms with van der Waals surface area (Å²) in [6.45, 7) is 3.59. The van der Waals surface area contributed by atoms with E-state index in [4.69, 9.17) is 14.5 Å². The molecule has 7 nitrogen and oxygen atoms in total. The van der Waals surface area contributed by atoms with Gasteiger partial charge in [0.1, 0.15) is 5.75 Å². The van der Waals surface area contributed by atoms with Crippen LogP contribution in [0.25, 0.3) is 0 Å². The lowest BCUT2D eigenvalue weighted by Gasteiger charge is -2.37. The Morgan fingerprint density at radius 1 is 1.19 bits per heavy atom. The van der Waals surface area contributed by atoms with Gasteiger partial charge < -0.3 is 19.3 Å². The molecule has 0 unspecified atom stereocenters. The van der Waals surface area contributed by atoms with Gasteiger partial charge in [0.15, 0.2) is 5.17 Å². The molecule has 1 amide bonds. The lowest BCUT2D eigenvalue weighted by molar-refractivity contribution is -0.136. The van der Waals surface area contributed by atoms with Crippen LogP contribution >= 0.6 is 11.8 Å². The molecular formula is C23H27N3O4S. The van der Waals surface area contributed by atoms with Gasteiger partial charge in [-0.15, -0.1) is 0 Å². The normalized spacial score (nSPS) is 20.4. The lowest BCUT2D eigenvalue weighted by atomic mass is 9.92. The van der Waals surface area contributed by atoms with Crippen LogP contribution in [0.4, 0.5) is 0 Å². The summed E-state index contributed by atoms with van der Waals surface area (Å²) in [4.78, 5) is 34.5. The summed E-state index contributed by atoms with van der Waals surface area (Å²) in [6, 6.07) is 7.17. The molecule has 0 radical (unpaired) electrons. The Hall–Kier alpha value is -2.74. The van der Waals surface area contributed by atoms with E-state index >= 15 is 0 Å². The van der Waals surface area contributed by atoms with Gasteiger partial charge >= 0.3 is 5.97 Å². The van der Waals surface area contributed by atoms with E-state index in [2.05, 4.69) is 0 Å². The molecule has 1 saturated heterocycles. The number of rotatable bonds is 6. The standard InChI is InChI=1S/C23H27N3O4S/c1-4-17-20(22(28)30-3)21(16-9-5-6-10-18(16)29-2)26-15(14-31-23(26)24-17)13-19(27)25-11-7-8-12-25/h5-6,9-10,14,21H,4,7-8,11-13H2,1-3H3/t21-/m1/s1. The Morgan fingerprint density at radius 3 is 2.61 bits per heavy atom. The zero-order valence-electron chi connectivity index (χ0n) is 18.1. The fraction of sp³-hybridized carbons (Fsp3) is 0.435. The summed E-state index contributed by atoms with van der Waals surface area (Å²) >= 11 is 1.49. The van der Waals surface area contributed by atoms with E-state index in [1.165, 1.54) is 18.9 Å². The second kappa shape index (κ2) is 9.18. The van der Waals surface area contributed by atoms with E-state index in [1.807, 2.05) is 46.4 Å². The molecule has 3 heterocycles. The molecule has 1 aromatic rings. The molecule has 8 heteroatoms. The third kappa shape index (κ3) is 3.96. The average Bonchev–Trinajstić information content (AvgIpc) is 3.48. The van der Waals surface area contributed by atoms with Gasteiger partial charge in [-0.25, -0.2) is 9.79 Å². The highest BCUT2D eigenvalue weighted by atomic mass is 32.2. The van der Waals surface area contributed by atoms with Crippen molar-refractivity contribution in [3.63, 3.8) is 0 Å². The number of carbonyl (C=O) groups is 2. The topological polar surface area (TPSA) is 71.4 Å². The van der Waals surface area contributed by atoms with Crippen LogP contribution in [0.3, 0.4) is 0 Å². The lowest BCUT2D eigenvalue weighted by Crippen LogP contribution is -2.38. The second-order valence-corrected chi connectivity index (χ2v) is 8.44. The van der Waals surface area contributed by atoms with Crippen molar-refractivity contribution in [1.29, 1.82) is 0 Å². The number of benzene rings is 1. The molecule has 1 aromatic carbocycles. The van der Waals surface area contributed by atoms with E-state index in [1.54, 1.807) is 7.11 Å². The number of likely N-dealkylation sites (tertiary alicyclic amines) is 1. The van der Waals surface area contributed by atoms with Crippen LogP contribution in [0.2, 0.25) is 0 Å². The van der Waals surface area contributed by atoms with Gasteiger partial charge in [0.25, 0.3) is 0 Å². The first-order chi connectivity index (χ1) is 15.1. The van der Waals surface area contributed by atoms with Crippen molar-refractivity contribution in [1.82, 2.24) is 9.80 Å². The SMILES string of the molecule is CCC1=C(C(=O)OC)[C@@H](c2ccccc2OC)N2C(CC(=O)N3CCCC3)=CSC2=N1. The van der Waals surface area contributed by atoms with Gasteiger partial charge in [-0.3, -0.25) is 4.79 Å². The highest BCUT2D eigenvalue weighted by Crippen LogP contribution is 2.47. The Balaban J connectivity index is 1.78. The quantitative estimate of drug-likeness (QED) is 0.625. The van der Waals surface area contributed by atoms with E-state index in [-0.39, 0.29) is 12.3 Å². The number of carbonyl (C=O) groups excluding carboxylic acids is 2. The number of aliphatic imine (C=N–C) groups is 1. The molecule has 0 N–H and O–H groups in total. The number of thioether (sulfide) groups is 1. The molecule has 0 bridgehead atoms. The van der Waals surface area contributed by atoms with Crippen LogP contribution < -0.4 is 4.74 Å². The fourth-order valence-corrected chi connectivity index (χ4v) is 5.27. The van der Waals surface area contributed by atoms with Crippen molar-refractivity contribution >= 4 is 28.8 Å². The number of methoxy groups -OCH3 is 2. The number of nitrogens with zero attached hydrogens (tertiary/aromatic N) is 3. The maximum atomic E-state index is 12.9. The number of amides is 1. The summed E-state index contributed by atoms with van der Waals surface area (Å²) < 4.78 is 10.8. The van der Waals surface area contributed by atoms with Crippen LogP contribution in [0.1, 0.15) is 44.2 Å². The highest BCUT2D eigenvalue weighted by Gasteiger charge is 2.42. The molecule has 0 aromatic heterocycles. The molecule has 4 rings (SSSR count). The number of hydrogen-bond acceptors (Lipinski definition) is 7. The molecule has 0 spiro atoms. The molecule has 1 atom stereocenters. The summed E-state index contributed by atoms with van der Waals surface area (Å²) in [7, 11) is 3.00. The van der Waals surface area contributed by atoms with E-state index in [0.29, 0.717) is 23.4 Å². The number of hydrogen-bond donors (Lipinski definition) is 0. The van der Waals surface area contributed by atoms with Crippen LogP contribution in [0.15, 0.2) is 51.6 Å². The number of ether oxygens (including phenoxy) is 2. The molecule has 1 fully saturated rings. The number of fused-ring (bicyclic) bond motifs is 1. The minimum absolute atomic E-state index is 0.106. The largest absolute Gasteiger partial charge is 0.496 e. The monoisotopic (exact) mass is 441 g/mol. The summed E-state index contributed by atoms with van der Waals surface area (Å²) in [5.74, 6) is 0.361. The van der Waals surface area contributed by atoms with Crippen molar-refractivity contribution in [2.75, 3.05) is 27.3 Å². The first-order valence-corrected chi connectivity index (χ1v) is 11.4. The van der Waals surface area contributed by atoms with Crippen LogP contribution in [0, 0.1) is 0 Å². The Morgan fingerprint density at radius 2 is 1.94 bits per heavy atom. The van der Waals surface area contributed by atoms with Gasteiger partial charge in [0, 0.05) is 24.4 Å². The molecule has 0 aliphatic carbocycles. The molecule has 31 heavy (non-hydrogen) atoms.